The van der Waals surface area contributed by atoms with E-state index in [4.69, 9.17) is 5.73 Å². The second-order valence-electron chi connectivity index (χ2n) is 5.72. The number of aliphatic imine (C=N–C) groups is 1. The van der Waals surface area contributed by atoms with Gasteiger partial charge in [-0.25, -0.2) is 0 Å². The van der Waals surface area contributed by atoms with Crippen LogP contribution < -0.4 is 5.73 Å². The predicted octanol–water partition coefficient (Wildman–Crippen LogP) is 2.72. The van der Waals surface area contributed by atoms with Crippen LogP contribution in [0.15, 0.2) is 4.99 Å². The topological polar surface area (TPSA) is 38.4 Å². The van der Waals surface area contributed by atoms with Gasteiger partial charge in [-0.3, -0.25) is 4.99 Å². The summed E-state index contributed by atoms with van der Waals surface area (Å²) < 4.78 is 0. The van der Waals surface area contributed by atoms with E-state index in [2.05, 4.69) is 18.8 Å². The summed E-state index contributed by atoms with van der Waals surface area (Å²) in [5.74, 6) is 1.58. The van der Waals surface area contributed by atoms with E-state index in [1.165, 1.54) is 38.5 Å². The molecule has 0 saturated heterocycles. The maximum Gasteiger partial charge on any atom is 0.0971 e. The second kappa shape index (κ2) is 3.56. The first kappa shape index (κ1) is 10.0. The van der Waals surface area contributed by atoms with Gasteiger partial charge in [-0.2, -0.15) is 0 Å². The molecule has 2 saturated carbocycles. The van der Waals surface area contributed by atoms with Crippen LogP contribution in [0, 0.1) is 11.3 Å². The third kappa shape index (κ3) is 2.49. The number of nitrogens with two attached hydrogens (primary N) is 1. The van der Waals surface area contributed by atoms with Crippen molar-refractivity contribution >= 4 is 5.84 Å². The predicted molar refractivity (Wildman–Crippen MR) is 60.4 cm³/mol. The molecule has 2 fully saturated rings. The SMILES string of the molecule is CC1(C)CCC(N=C(N)C2CC2)CC1. The van der Waals surface area contributed by atoms with Crippen LogP contribution in [0.2, 0.25) is 0 Å². The molecule has 14 heavy (non-hydrogen) atoms. The average Bonchev–Trinajstić information content (AvgIpc) is 2.91. The van der Waals surface area contributed by atoms with Crippen LogP contribution in [-0.2, 0) is 0 Å². The molecular formula is C12H22N2. The molecule has 2 nitrogen and oxygen atoms in total. The molecule has 80 valence electrons. The van der Waals surface area contributed by atoms with E-state index in [0.717, 1.165) is 5.84 Å². The van der Waals surface area contributed by atoms with Crippen LogP contribution in [-0.4, -0.2) is 11.9 Å². The zero-order valence-electron chi connectivity index (χ0n) is 9.42. The lowest BCUT2D eigenvalue weighted by atomic mass is 9.76. The molecule has 0 amide bonds. The van der Waals surface area contributed by atoms with E-state index < -0.39 is 0 Å². The van der Waals surface area contributed by atoms with E-state index in [9.17, 15) is 0 Å². The van der Waals surface area contributed by atoms with Crippen molar-refractivity contribution in [1.82, 2.24) is 0 Å². The minimum absolute atomic E-state index is 0.531. The molecular weight excluding hydrogens is 172 g/mol. The molecule has 0 unspecified atom stereocenters. The summed E-state index contributed by atoms with van der Waals surface area (Å²) in [5, 5.41) is 0. The zero-order valence-corrected chi connectivity index (χ0v) is 9.42. The van der Waals surface area contributed by atoms with Crippen molar-refractivity contribution in [2.45, 2.75) is 58.4 Å². The third-order valence-electron chi connectivity index (χ3n) is 3.64. The number of rotatable bonds is 2. The molecule has 0 aromatic carbocycles. The Morgan fingerprint density at radius 2 is 1.71 bits per heavy atom. The van der Waals surface area contributed by atoms with Crippen LogP contribution in [0.25, 0.3) is 0 Å². The monoisotopic (exact) mass is 194 g/mol. The lowest BCUT2D eigenvalue weighted by molar-refractivity contribution is 0.226. The summed E-state index contributed by atoms with van der Waals surface area (Å²) in [6.45, 7) is 4.72. The molecule has 0 bridgehead atoms. The van der Waals surface area contributed by atoms with Crippen LogP contribution >= 0.6 is 0 Å². The standard InChI is InChI=1S/C12H22N2/c1-12(2)7-5-10(6-8-12)14-11(13)9-3-4-9/h9-10H,3-8H2,1-2H3,(H2,13,14). The molecule has 0 aromatic rings. The first-order valence-electron chi connectivity index (χ1n) is 5.90. The molecule has 0 heterocycles. The summed E-state index contributed by atoms with van der Waals surface area (Å²) >= 11 is 0. The van der Waals surface area contributed by atoms with Gasteiger partial charge in [-0.1, -0.05) is 13.8 Å². The fourth-order valence-corrected chi connectivity index (χ4v) is 2.21. The zero-order chi connectivity index (χ0) is 10.2. The number of hydrogen-bond acceptors (Lipinski definition) is 1. The smallest absolute Gasteiger partial charge is 0.0971 e. The Labute approximate surface area is 87.0 Å². The molecule has 0 aliphatic heterocycles. The Kier molecular flexibility index (Phi) is 2.54. The number of nitrogens with zero attached hydrogens (tertiary/aromatic N) is 1. The normalized spacial score (nSPS) is 29.1. The van der Waals surface area contributed by atoms with E-state index >= 15 is 0 Å². The minimum atomic E-state index is 0.531. The van der Waals surface area contributed by atoms with Crippen molar-refractivity contribution < 1.29 is 0 Å². The Hall–Kier alpha value is -0.530. The molecule has 0 spiro atoms. The summed E-state index contributed by atoms with van der Waals surface area (Å²) in [5.41, 5.74) is 6.47. The van der Waals surface area contributed by atoms with Gasteiger partial charge >= 0.3 is 0 Å². The van der Waals surface area contributed by atoms with Gasteiger partial charge in [-0.05, 0) is 43.9 Å². The first-order valence-corrected chi connectivity index (χ1v) is 5.90. The van der Waals surface area contributed by atoms with Gasteiger partial charge in [0.25, 0.3) is 0 Å². The first-order chi connectivity index (χ1) is 6.57. The van der Waals surface area contributed by atoms with E-state index in [1.54, 1.807) is 0 Å². The van der Waals surface area contributed by atoms with Crippen molar-refractivity contribution in [1.29, 1.82) is 0 Å². The fourth-order valence-electron chi connectivity index (χ4n) is 2.21. The van der Waals surface area contributed by atoms with E-state index in [1.807, 2.05) is 0 Å². The average molecular weight is 194 g/mol. The molecule has 0 atom stereocenters. The van der Waals surface area contributed by atoms with Gasteiger partial charge in [-0.15, -0.1) is 0 Å². The highest BCUT2D eigenvalue weighted by Gasteiger charge is 2.29. The van der Waals surface area contributed by atoms with Gasteiger partial charge < -0.3 is 5.73 Å². The highest BCUT2D eigenvalue weighted by atomic mass is 14.9. The quantitative estimate of drug-likeness (QED) is 0.532. The molecule has 2 rings (SSSR count). The Morgan fingerprint density at radius 1 is 1.14 bits per heavy atom. The fraction of sp³-hybridized carbons (Fsp3) is 0.917. The van der Waals surface area contributed by atoms with Gasteiger partial charge in [0.15, 0.2) is 0 Å². The van der Waals surface area contributed by atoms with Crippen molar-refractivity contribution in [2.75, 3.05) is 0 Å². The number of amidine groups is 1. The second-order valence-corrected chi connectivity index (χ2v) is 5.72. The summed E-state index contributed by atoms with van der Waals surface area (Å²) in [7, 11) is 0. The lowest BCUT2D eigenvalue weighted by Gasteiger charge is -2.32. The Balaban J connectivity index is 1.86. The lowest BCUT2D eigenvalue weighted by Crippen LogP contribution is -2.26. The van der Waals surface area contributed by atoms with Gasteiger partial charge in [0.1, 0.15) is 0 Å². The van der Waals surface area contributed by atoms with Crippen LogP contribution in [0.3, 0.4) is 0 Å². The van der Waals surface area contributed by atoms with Crippen LogP contribution in [0.1, 0.15) is 52.4 Å². The van der Waals surface area contributed by atoms with E-state index in [0.29, 0.717) is 17.4 Å². The Bertz CT molecular complexity index is 229. The highest BCUT2D eigenvalue weighted by molar-refractivity contribution is 5.85. The molecule has 2 heteroatoms. The molecule has 2 N–H and O–H groups in total. The van der Waals surface area contributed by atoms with Gasteiger partial charge in [0, 0.05) is 5.92 Å². The molecule has 2 aliphatic rings. The minimum Gasteiger partial charge on any atom is -0.387 e. The van der Waals surface area contributed by atoms with Crippen molar-refractivity contribution in [3.05, 3.63) is 0 Å². The maximum atomic E-state index is 5.93. The van der Waals surface area contributed by atoms with Crippen molar-refractivity contribution in [2.24, 2.45) is 22.1 Å². The maximum absolute atomic E-state index is 5.93. The summed E-state index contributed by atoms with van der Waals surface area (Å²) in [6, 6.07) is 0.531. The third-order valence-corrected chi connectivity index (χ3v) is 3.64. The molecule has 0 aromatic heterocycles. The van der Waals surface area contributed by atoms with Crippen LogP contribution in [0.4, 0.5) is 0 Å². The summed E-state index contributed by atoms with van der Waals surface area (Å²) in [6.07, 6.45) is 7.63. The van der Waals surface area contributed by atoms with Gasteiger partial charge in [0.05, 0.1) is 11.9 Å². The van der Waals surface area contributed by atoms with Crippen molar-refractivity contribution in [3.63, 3.8) is 0 Å². The van der Waals surface area contributed by atoms with Gasteiger partial charge in [0.2, 0.25) is 0 Å². The molecule has 0 radical (unpaired) electrons. The highest BCUT2D eigenvalue weighted by Crippen LogP contribution is 2.37. The number of hydrogen-bond donors (Lipinski definition) is 1. The van der Waals surface area contributed by atoms with Crippen LogP contribution in [0.5, 0.6) is 0 Å². The summed E-state index contributed by atoms with van der Waals surface area (Å²) in [4.78, 5) is 4.66. The van der Waals surface area contributed by atoms with E-state index in [-0.39, 0.29) is 0 Å². The largest absolute Gasteiger partial charge is 0.387 e. The Morgan fingerprint density at radius 3 is 2.21 bits per heavy atom. The van der Waals surface area contributed by atoms with Crippen molar-refractivity contribution in [3.8, 4) is 0 Å². The molecule has 2 aliphatic carbocycles.